The fourth-order valence-electron chi connectivity index (χ4n) is 6.45. The minimum Gasteiger partial charge on any atom is -0.399 e. The minimum absolute atomic E-state index is 0.0751. The number of nitrogens with two attached hydrogens (primary N) is 2. The van der Waals surface area contributed by atoms with Gasteiger partial charge in [-0.2, -0.15) is 10.4 Å². The quantitative estimate of drug-likeness (QED) is 0.271. The number of aryl methyl sites for hydroxylation is 2. The van der Waals surface area contributed by atoms with E-state index < -0.39 is 17.0 Å². The lowest BCUT2D eigenvalue weighted by Gasteiger charge is -2.37. The molecule has 0 bridgehead atoms. The maximum absolute atomic E-state index is 12.5. The van der Waals surface area contributed by atoms with Crippen LogP contribution in [-0.4, -0.2) is 51.2 Å². The minimum atomic E-state index is -0.873. The summed E-state index contributed by atoms with van der Waals surface area (Å²) in [6.07, 6.45) is 3.69. The van der Waals surface area contributed by atoms with Crippen LogP contribution in [0.1, 0.15) is 70.2 Å². The summed E-state index contributed by atoms with van der Waals surface area (Å²) in [6.45, 7) is 11.6. The Labute approximate surface area is 239 Å². The van der Waals surface area contributed by atoms with Crippen molar-refractivity contribution in [3.05, 3.63) is 105 Å². The number of carbonyl (C=O) groups is 1. The summed E-state index contributed by atoms with van der Waals surface area (Å²) in [4.78, 5) is 29.6. The molecular formula is C31H36N8O2. The molecule has 1 saturated heterocycles. The maximum atomic E-state index is 12.5. The predicted molar refractivity (Wildman–Crippen MR) is 158 cm³/mol. The predicted octanol–water partition coefficient (Wildman–Crippen LogP) is 2.43. The van der Waals surface area contributed by atoms with E-state index in [1.807, 2.05) is 30.3 Å². The van der Waals surface area contributed by atoms with Crippen molar-refractivity contribution in [2.75, 3.05) is 13.1 Å². The van der Waals surface area contributed by atoms with Crippen LogP contribution in [0, 0.1) is 11.3 Å². The number of likely N-dealkylation sites (tertiary alicyclic amines) is 1. The van der Waals surface area contributed by atoms with E-state index in [1.165, 1.54) is 0 Å². The van der Waals surface area contributed by atoms with Crippen LogP contribution in [0.2, 0.25) is 0 Å². The van der Waals surface area contributed by atoms with Crippen molar-refractivity contribution in [1.29, 1.82) is 5.26 Å². The second-order valence-electron chi connectivity index (χ2n) is 11.1. The van der Waals surface area contributed by atoms with E-state index in [0.29, 0.717) is 42.9 Å². The zero-order valence-corrected chi connectivity index (χ0v) is 23.3. The van der Waals surface area contributed by atoms with Crippen LogP contribution >= 0.6 is 0 Å². The first kappa shape index (κ1) is 27.9. The molecule has 10 heteroatoms. The number of H-pyrrole nitrogens is 2. The van der Waals surface area contributed by atoms with E-state index >= 15 is 0 Å². The smallest absolute Gasteiger partial charge is 0.340 e. The largest absolute Gasteiger partial charge is 0.399 e. The highest BCUT2D eigenvalue weighted by atomic mass is 16.1. The number of amides is 1. The number of nitriles is 1. The molecule has 2 heterocycles. The number of rotatable bonds is 9. The molecule has 1 aliphatic heterocycles. The molecule has 0 radical (unpaired) electrons. The number of hydrogen-bond acceptors (Lipinski definition) is 7. The lowest BCUT2D eigenvalue weighted by atomic mass is 9.67. The van der Waals surface area contributed by atoms with Gasteiger partial charge in [-0.25, -0.2) is 9.89 Å². The van der Waals surface area contributed by atoms with E-state index in [2.05, 4.69) is 51.5 Å². The maximum Gasteiger partial charge on any atom is 0.340 e. The Kier molecular flexibility index (Phi) is 7.56. The van der Waals surface area contributed by atoms with Crippen LogP contribution in [0.15, 0.2) is 60.0 Å². The third-order valence-electron chi connectivity index (χ3n) is 8.43. The summed E-state index contributed by atoms with van der Waals surface area (Å²) in [5, 5.41) is 20.2. The number of aromatic amines is 2. The number of fused-ring (bicyclic) bond motifs is 2. The number of carbonyl (C=O) groups excluding carboxylic acids is 1. The van der Waals surface area contributed by atoms with Gasteiger partial charge in [-0.1, -0.05) is 31.4 Å². The van der Waals surface area contributed by atoms with E-state index in [-0.39, 0.29) is 12.1 Å². The van der Waals surface area contributed by atoms with E-state index in [9.17, 15) is 14.9 Å². The van der Waals surface area contributed by atoms with Crippen molar-refractivity contribution in [3.8, 4) is 6.07 Å². The summed E-state index contributed by atoms with van der Waals surface area (Å²) in [5.74, 6) is -0.0178. The molecule has 0 spiro atoms. The molecule has 1 fully saturated rings. The van der Waals surface area contributed by atoms with Crippen LogP contribution in [0.4, 0.5) is 0 Å². The van der Waals surface area contributed by atoms with E-state index in [1.54, 1.807) is 6.07 Å². The van der Waals surface area contributed by atoms with Gasteiger partial charge in [0.25, 0.3) is 0 Å². The second kappa shape index (κ2) is 11.1. The topological polar surface area (TPSA) is 170 Å². The van der Waals surface area contributed by atoms with Crippen molar-refractivity contribution >= 4 is 11.6 Å². The number of nitrogens with zero attached hydrogens (tertiary/aromatic N) is 3. The lowest BCUT2D eigenvalue weighted by Crippen LogP contribution is -2.42. The molecule has 41 heavy (non-hydrogen) atoms. The third kappa shape index (κ3) is 5.16. The van der Waals surface area contributed by atoms with Crippen LogP contribution in [0.5, 0.6) is 0 Å². The molecular weight excluding hydrogens is 516 g/mol. The first-order chi connectivity index (χ1) is 19.6. The van der Waals surface area contributed by atoms with Crippen molar-refractivity contribution in [1.82, 2.24) is 25.4 Å². The highest BCUT2D eigenvalue weighted by Crippen LogP contribution is 2.47. The molecule has 3 aromatic rings. The zero-order valence-electron chi connectivity index (χ0n) is 23.3. The monoisotopic (exact) mass is 552 g/mol. The Bertz CT molecular complexity index is 1540. The summed E-state index contributed by atoms with van der Waals surface area (Å²) in [7, 11) is 0. The van der Waals surface area contributed by atoms with Gasteiger partial charge < -0.3 is 21.7 Å². The Morgan fingerprint density at radius 1 is 1.20 bits per heavy atom. The Morgan fingerprint density at radius 3 is 2.44 bits per heavy atom. The number of hydrogen-bond donors (Lipinski definition) is 5. The first-order valence-corrected chi connectivity index (χ1v) is 13.9. The van der Waals surface area contributed by atoms with E-state index in [0.717, 1.165) is 52.9 Å². The Morgan fingerprint density at radius 2 is 1.85 bits per heavy atom. The van der Waals surface area contributed by atoms with Crippen LogP contribution in [0.3, 0.4) is 0 Å². The van der Waals surface area contributed by atoms with Gasteiger partial charge in [-0.15, -0.1) is 0 Å². The molecule has 0 saturated carbocycles. The molecule has 212 valence electrons. The molecule has 5 rings (SSSR count). The van der Waals surface area contributed by atoms with E-state index in [4.69, 9.17) is 11.5 Å². The van der Waals surface area contributed by atoms with Crippen LogP contribution in [0.25, 0.3) is 5.70 Å². The number of primary amides is 1. The zero-order chi connectivity index (χ0) is 29.3. The highest BCUT2D eigenvalue weighted by molar-refractivity contribution is 5.93. The molecule has 7 N–H and O–H groups in total. The highest BCUT2D eigenvalue weighted by Gasteiger charge is 2.45. The van der Waals surface area contributed by atoms with Crippen molar-refractivity contribution in [3.63, 3.8) is 0 Å². The lowest BCUT2D eigenvalue weighted by molar-refractivity contribution is 0.1000. The van der Waals surface area contributed by atoms with Gasteiger partial charge >= 0.3 is 5.69 Å². The van der Waals surface area contributed by atoms with Crippen molar-refractivity contribution < 1.29 is 4.79 Å². The van der Waals surface area contributed by atoms with Gasteiger partial charge in [0.1, 0.15) is 11.9 Å². The SMILES string of the molecule is C=C(N)c1ccc2c(c1)CCc1cc(C(N)=O)ccc1C2(C[C@@H](C)NCC(=C)N1CCC[C@H]1C#N)c1n[nH]c(=O)[nH]1. The van der Waals surface area contributed by atoms with Gasteiger partial charge in [-0.05, 0) is 85.0 Å². The molecule has 1 unspecified atom stereocenters. The average molecular weight is 553 g/mol. The average Bonchev–Trinajstić information content (AvgIpc) is 3.60. The standard InChI is InChI=1S/C31H36N8O2/c1-18(35-17-19(2)39-12-4-5-25(39)16-32)15-31(29-36-30(41)38-37-29)26-10-8-21(20(3)33)13-22(26)6-7-23-14-24(28(34)40)9-11-27(23)31/h8-11,13-14,18,25,35H,2-7,12,15,17,33H2,1H3,(H2,34,40)(H2,36,37,38,41)/t18-,25+,31?/m1/s1. The number of nitrogens with one attached hydrogen (secondary N) is 3. The van der Waals surface area contributed by atoms with Crippen LogP contribution < -0.4 is 22.5 Å². The van der Waals surface area contributed by atoms with Crippen LogP contribution in [-0.2, 0) is 18.3 Å². The second-order valence-corrected chi connectivity index (χ2v) is 11.1. The molecule has 1 aromatic heterocycles. The summed E-state index contributed by atoms with van der Waals surface area (Å²) in [6, 6.07) is 13.7. The fourth-order valence-corrected chi connectivity index (χ4v) is 6.45. The van der Waals surface area contributed by atoms with Gasteiger partial charge in [-0.3, -0.25) is 9.78 Å². The molecule has 2 aromatic carbocycles. The van der Waals surface area contributed by atoms with Gasteiger partial charge in [0, 0.05) is 36.1 Å². The Hall–Kier alpha value is -4.62. The van der Waals surface area contributed by atoms with Gasteiger partial charge in [0.05, 0.1) is 11.5 Å². The normalized spacial score (nSPS) is 20.4. The Balaban J connectivity index is 1.61. The third-order valence-corrected chi connectivity index (χ3v) is 8.43. The first-order valence-electron chi connectivity index (χ1n) is 13.9. The summed E-state index contributed by atoms with van der Waals surface area (Å²) in [5.41, 5.74) is 17.0. The van der Waals surface area contributed by atoms with Gasteiger partial charge in [0.2, 0.25) is 5.91 Å². The molecule has 1 aliphatic carbocycles. The summed E-state index contributed by atoms with van der Waals surface area (Å²) >= 11 is 0. The van der Waals surface area contributed by atoms with Crippen molar-refractivity contribution in [2.24, 2.45) is 11.5 Å². The number of benzene rings is 2. The van der Waals surface area contributed by atoms with Crippen molar-refractivity contribution in [2.45, 2.75) is 56.5 Å². The molecule has 2 aliphatic rings. The fraction of sp³-hybridized carbons (Fsp3) is 0.355. The van der Waals surface area contributed by atoms with Gasteiger partial charge in [0.15, 0.2) is 0 Å². The molecule has 1 amide bonds. The molecule has 10 nitrogen and oxygen atoms in total. The summed E-state index contributed by atoms with van der Waals surface area (Å²) < 4.78 is 0. The molecule has 3 atom stereocenters. The number of aromatic nitrogens is 3.